The zero-order valence-electron chi connectivity index (χ0n) is 14.0. The Kier molecular flexibility index (Phi) is 4.74. The molecule has 0 spiro atoms. The van der Waals surface area contributed by atoms with Crippen LogP contribution in [0.1, 0.15) is 11.3 Å². The lowest BCUT2D eigenvalue weighted by Gasteiger charge is -2.13. The molecule has 0 radical (unpaired) electrons. The molecule has 0 saturated heterocycles. The molecule has 3 aromatic rings. The first-order chi connectivity index (χ1) is 12.9. The highest BCUT2D eigenvalue weighted by Crippen LogP contribution is 2.33. The van der Waals surface area contributed by atoms with E-state index in [-0.39, 0.29) is 28.0 Å². The summed E-state index contributed by atoms with van der Waals surface area (Å²) in [5.74, 6) is -0.117. The highest BCUT2D eigenvalue weighted by molar-refractivity contribution is 5.84. The number of fused-ring (bicyclic) bond motifs is 1. The van der Waals surface area contributed by atoms with Gasteiger partial charge in [-0.3, -0.25) is 4.79 Å². The Morgan fingerprint density at radius 2 is 1.50 bits per heavy atom. The van der Waals surface area contributed by atoms with Crippen LogP contribution in [0.2, 0.25) is 0 Å². The number of pyridine rings is 1. The number of benzene rings is 2. The van der Waals surface area contributed by atoms with E-state index in [0.29, 0.717) is 6.07 Å². The summed E-state index contributed by atoms with van der Waals surface area (Å²) in [5, 5.41) is 0.0162. The number of hydrogen-bond donors (Lipinski definition) is 1. The van der Waals surface area contributed by atoms with Crippen LogP contribution in [-0.4, -0.2) is 11.3 Å². The van der Waals surface area contributed by atoms with E-state index in [0.717, 1.165) is 12.1 Å². The number of ether oxygens (including phenoxy) is 2. The van der Waals surface area contributed by atoms with Crippen LogP contribution >= 0.6 is 0 Å². The third kappa shape index (κ3) is 4.21. The van der Waals surface area contributed by atoms with Crippen LogP contribution in [0, 0.1) is 6.92 Å². The lowest BCUT2D eigenvalue weighted by atomic mass is 10.1. The fraction of sp³-hybridized carbons (Fsp3) is 0.167. The lowest BCUT2D eigenvalue weighted by molar-refractivity contribution is -0.274. The topological polar surface area (TPSA) is 51.3 Å². The van der Waals surface area contributed by atoms with Crippen LogP contribution in [0.25, 0.3) is 10.9 Å². The van der Waals surface area contributed by atoms with Gasteiger partial charge in [-0.05, 0) is 43.3 Å². The Hall–Kier alpha value is -3.17. The second-order valence-corrected chi connectivity index (χ2v) is 5.78. The molecule has 1 heterocycles. The molecule has 0 aliphatic carbocycles. The van der Waals surface area contributed by atoms with Crippen molar-refractivity contribution in [2.75, 3.05) is 0 Å². The van der Waals surface area contributed by atoms with Gasteiger partial charge < -0.3 is 14.5 Å². The maximum Gasteiger partial charge on any atom is 0.573 e. The third-order valence-corrected chi connectivity index (χ3v) is 3.80. The smallest absolute Gasteiger partial charge is 0.457 e. The van der Waals surface area contributed by atoms with Crippen LogP contribution in [0.15, 0.2) is 47.3 Å². The lowest BCUT2D eigenvalue weighted by Crippen LogP contribution is -2.16. The number of alkyl halides is 6. The van der Waals surface area contributed by atoms with Crippen LogP contribution in [-0.2, 0) is 6.18 Å². The van der Waals surface area contributed by atoms with Crippen LogP contribution in [0.3, 0.4) is 0 Å². The number of aromatic amines is 1. The maximum absolute atomic E-state index is 12.8. The van der Waals surface area contributed by atoms with E-state index in [1.165, 1.54) is 31.2 Å². The van der Waals surface area contributed by atoms with Crippen molar-refractivity contribution in [2.24, 2.45) is 0 Å². The van der Waals surface area contributed by atoms with E-state index < -0.39 is 29.4 Å². The summed E-state index contributed by atoms with van der Waals surface area (Å²) in [6.45, 7) is 1.49. The Morgan fingerprint density at radius 1 is 0.893 bits per heavy atom. The van der Waals surface area contributed by atoms with Gasteiger partial charge in [-0.2, -0.15) is 13.2 Å². The van der Waals surface area contributed by atoms with E-state index in [1.807, 2.05) is 0 Å². The van der Waals surface area contributed by atoms with Crippen molar-refractivity contribution in [3.8, 4) is 17.2 Å². The SMILES string of the molecule is Cc1c(Oc2ccc(OC(F)(F)F)cc2)ccc2[nH]c(C(F)(F)F)cc(=O)c12. The minimum Gasteiger partial charge on any atom is -0.457 e. The molecule has 148 valence electrons. The summed E-state index contributed by atoms with van der Waals surface area (Å²) < 4.78 is 84.3. The summed E-state index contributed by atoms with van der Waals surface area (Å²) in [6, 6.07) is 7.61. The molecule has 0 saturated carbocycles. The summed E-state index contributed by atoms with van der Waals surface area (Å²) in [4.78, 5) is 14.3. The molecule has 1 N–H and O–H groups in total. The second kappa shape index (κ2) is 6.77. The second-order valence-electron chi connectivity index (χ2n) is 5.78. The fourth-order valence-electron chi connectivity index (χ4n) is 2.60. The van der Waals surface area contributed by atoms with Crippen LogP contribution in [0.4, 0.5) is 26.3 Å². The third-order valence-electron chi connectivity index (χ3n) is 3.80. The first kappa shape index (κ1) is 19.6. The van der Waals surface area contributed by atoms with Crippen LogP contribution < -0.4 is 14.9 Å². The monoisotopic (exact) mass is 403 g/mol. The van der Waals surface area contributed by atoms with Crippen molar-refractivity contribution in [1.29, 1.82) is 0 Å². The summed E-state index contributed by atoms with van der Waals surface area (Å²) in [5.41, 5.74) is -1.74. The van der Waals surface area contributed by atoms with Gasteiger partial charge in [0.05, 0.1) is 10.9 Å². The number of H-pyrrole nitrogens is 1. The first-order valence-corrected chi connectivity index (χ1v) is 7.71. The molecule has 0 aliphatic heterocycles. The Labute approximate surface area is 153 Å². The van der Waals surface area contributed by atoms with Crippen molar-refractivity contribution in [3.05, 3.63) is 63.9 Å². The molecule has 2 aromatic carbocycles. The quantitative estimate of drug-likeness (QED) is 0.584. The van der Waals surface area contributed by atoms with Gasteiger partial charge in [0.15, 0.2) is 5.43 Å². The van der Waals surface area contributed by atoms with Crippen molar-refractivity contribution < 1.29 is 35.8 Å². The van der Waals surface area contributed by atoms with Gasteiger partial charge in [-0.15, -0.1) is 13.2 Å². The van der Waals surface area contributed by atoms with Crippen molar-refractivity contribution in [1.82, 2.24) is 4.98 Å². The molecule has 0 aliphatic rings. The fourth-order valence-corrected chi connectivity index (χ4v) is 2.60. The summed E-state index contributed by atoms with van der Waals surface area (Å²) in [6.07, 6.45) is -9.52. The highest BCUT2D eigenvalue weighted by atomic mass is 19.4. The zero-order chi connectivity index (χ0) is 20.7. The molecular weight excluding hydrogens is 392 g/mol. The molecular formula is C18H11F6NO3. The number of aromatic nitrogens is 1. The Bertz CT molecular complexity index is 1070. The number of rotatable bonds is 3. The Balaban J connectivity index is 1.93. The normalized spacial score (nSPS) is 12.2. The minimum atomic E-state index is -4.83. The number of hydrogen-bond acceptors (Lipinski definition) is 3. The average Bonchev–Trinajstić information content (AvgIpc) is 2.56. The molecule has 0 atom stereocenters. The standard InChI is InChI=1S/C18H11F6NO3/c1-9-14(27-10-2-4-11(5-3-10)28-18(22,23)24)7-6-12-16(9)13(26)8-15(25-12)17(19,20)21/h2-8H,1H3,(H,25,26). The first-order valence-electron chi connectivity index (χ1n) is 7.71. The number of halogens is 6. The van der Waals surface area contributed by atoms with E-state index in [9.17, 15) is 31.1 Å². The molecule has 0 bridgehead atoms. The van der Waals surface area contributed by atoms with E-state index in [1.54, 1.807) is 0 Å². The average molecular weight is 403 g/mol. The molecule has 4 nitrogen and oxygen atoms in total. The molecule has 0 fully saturated rings. The number of aryl methyl sites for hydroxylation is 1. The minimum absolute atomic E-state index is 0.0152. The van der Waals surface area contributed by atoms with Crippen molar-refractivity contribution in [3.63, 3.8) is 0 Å². The van der Waals surface area contributed by atoms with Crippen molar-refractivity contribution >= 4 is 10.9 Å². The van der Waals surface area contributed by atoms with E-state index in [4.69, 9.17) is 4.74 Å². The number of nitrogens with one attached hydrogen (secondary N) is 1. The molecule has 10 heteroatoms. The molecule has 3 rings (SSSR count). The van der Waals surface area contributed by atoms with Gasteiger partial charge in [-0.1, -0.05) is 0 Å². The zero-order valence-corrected chi connectivity index (χ0v) is 14.0. The van der Waals surface area contributed by atoms with Gasteiger partial charge in [0.1, 0.15) is 22.9 Å². The van der Waals surface area contributed by atoms with Gasteiger partial charge in [0.2, 0.25) is 0 Å². The van der Waals surface area contributed by atoms with Gasteiger partial charge in [0.25, 0.3) is 0 Å². The highest BCUT2D eigenvalue weighted by Gasteiger charge is 2.33. The van der Waals surface area contributed by atoms with Gasteiger partial charge in [0, 0.05) is 11.6 Å². The Morgan fingerprint density at radius 3 is 2.07 bits per heavy atom. The van der Waals surface area contributed by atoms with Crippen molar-refractivity contribution in [2.45, 2.75) is 19.5 Å². The summed E-state index contributed by atoms with van der Waals surface area (Å²) in [7, 11) is 0. The molecule has 1 aromatic heterocycles. The maximum atomic E-state index is 12.8. The molecule has 0 unspecified atom stereocenters. The summed E-state index contributed by atoms with van der Waals surface area (Å²) >= 11 is 0. The molecule has 28 heavy (non-hydrogen) atoms. The van der Waals surface area contributed by atoms with E-state index in [2.05, 4.69) is 9.72 Å². The predicted molar refractivity (Wildman–Crippen MR) is 87.5 cm³/mol. The largest absolute Gasteiger partial charge is 0.573 e. The van der Waals surface area contributed by atoms with E-state index >= 15 is 0 Å². The van der Waals surface area contributed by atoms with Crippen LogP contribution in [0.5, 0.6) is 17.2 Å². The molecule has 0 amide bonds. The van der Waals surface area contributed by atoms with Gasteiger partial charge in [-0.25, -0.2) is 0 Å². The van der Waals surface area contributed by atoms with Gasteiger partial charge >= 0.3 is 12.5 Å². The predicted octanol–water partition coefficient (Wildman–Crippen LogP) is 5.55.